The first-order valence-electron chi connectivity index (χ1n) is 6.28. The van der Waals surface area contributed by atoms with Gasteiger partial charge >= 0.3 is 17.4 Å². The molecule has 0 atom stereocenters. The van der Waals surface area contributed by atoms with Gasteiger partial charge in [-0.3, -0.25) is 0 Å². The lowest BCUT2D eigenvalue weighted by atomic mass is 9.78. The van der Waals surface area contributed by atoms with Gasteiger partial charge in [0, 0.05) is 5.41 Å². The Labute approximate surface area is 126 Å². The summed E-state index contributed by atoms with van der Waals surface area (Å²) in [5.41, 5.74) is 2.00. The lowest BCUT2D eigenvalue weighted by Gasteiger charge is -2.26. The molecular formula is C15H14O4P2. The number of rotatable bonds is 6. The first-order chi connectivity index (χ1) is 10.1. The molecule has 2 aromatic carbocycles. The molecule has 0 unspecified atom stereocenters. The Balaban J connectivity index is 2.27. The third-order valence-corrected chi connectivity index (χ3v) is 4.01. The van der Waals surface area contributed by atoms with Gasteiger partial charge < -0.3 is 9.05 Å². The van der Waals surface area contributed by atoms with E-state index >= 15 is 0 Å². The van der Waals surface area contributed by atoms with Gasteiger partial charge in [0.05, 0.1) is 0 Å². The standard InChI is InChI=1S/C15H14O4P2/c1-15(2,11-3-7-13(8-4-11)18-20-16)12-5-9-14(10-6-12)19-21-17/h3-10H,1-2H3. The minimum absolute atomic E-state index is 0.207. The summed E-state index contributed by atoms with van der Waals surface area (Å²) in [6.45, 7) is 4.22. The van der Waals surface area contributed by atoms with E-state index in [1.165, 1.54) is 0 Å². The fourth-order valence-corrected chi connectivity index (χ4v) is 2.53. The van der Waals surface area contributed by atoms with Crippen LogP contribution < -0.4 is 9.05 Å². The Morgan fingerprint density at radius 2 is 1.05 bits per heavy atom. The summed E-state index contributed by atoms with van der Waals surface area (Å²) in [6, 6.07) is 14.9. The molecule has 21 heavy (non-hydrogen) atoms. The molecule has 0 aromatic heterocycles. The number of hydrogen-bond donors (Lipinski definition) is 0. The Kier molecular flexibility index (Phi) is 5.06. The van der Waals surface area contributed by atoms with Crippen molar-refractivity contribution in [2.45, 2.75) is 19.3 Å². The minimum Gasteiger partial charge on any atom is -0.408 e. The van der Waals surface area contributed by atoms with Crippen molar-refractivity contribution in [3.63, 3.8) is 0 Å². The van der Waals surface area contributed by atoms with Crippen LogP contribution in [0.25, 0.3) is 0 Å². The van der Waals surface area contributed by atoms with E-state index < -0.39 is 0 Å². The summed E-state index contributed by atoms with van der Waals surface area (Å²) in [4.78, 5) is 0. The molecule has 0 amide bonds. The van der Waals surface area contributed by atoms with Crippen molar-refractivity contribution in [1.29, 1.82) is 0 Å². The Morgan fingerprint density at radius 3 is 1.33 bits per heavy atom. The molecule has 2 rings (SSSR count). The van der Waals surface area contributed by atoms with Crippen molar-refractivity contribution in [3.8, 4) is 11.5 Å². The third-order valence-electron chi connectivity index (χ3n) is 3.44. The van der Waals surface area contributed by atoms with Crippen LogP contribution in [-0.4, -0.2) is 0 Å². The fraction of sp³-hybridized carbons (Fsp3) is 0.200. The van der Waals surface area contributed by atoms with Crippen LogP contribution in [0, 0.1) is 0 Å². The zero-order valence-corrected chi connectivity index (χ0v) is 13.4. The minimum atomic E-state index is -0.360. The molecule has 0 fully saturated rings. The van der Waals surface area contributed by atoms with Crippen molar-refractivity contribution < 1.29 is 18.2 Å². The van der Waals surface area contributed by atoms with Gasteiger partial charge in [-0.15, -0.1) is 0 Å². The number of hydrogen-bond acceptors (Lipinski definition) is 4. The van der Waals surface area contributed by atoms with Gasteiger partial charge in [0.1, 0.15) is 11.5 Å². The van der Waals surface area contributed by atoms with E-state index in [4.69, 9.17) is 9.05 Å². The maximum absolute atomic E-state index is 10.4. The molecular weight excluding hydrogens is 306 g/mol. The lowest BCUT2D eigenvalue weighted by Crippen LogP contribution is -2.18. The van der Waals surface area contributed by atoms with Gasteiger partial charge in [-0.05, 0) is 35.4 Å². The summed E-state index contributed by atoms with van der Waals surface area (Å²) in [5, 5.41) is 0. The first-order valence-corrected chi connectivity index (χ1v) is 7.74. The first kappa shape index (κ1) is 15.6. The molecule has 0 aliphatic carbocycles. The average molecular weight is 320 g/mol. The topological polar surface area (TPSA) is 52.6 Å². The molecule has 0 heterocycles. The predicted octanol–water partition coefficient (Wildman–Crippen LogP) is 5.18. The molecule has 0 saturated heterocycles. The Morgan fingerprint density at radius 1 is 0.714 bits per heavy atom. The van der Waals surface area contributed by atoms with Gasteiger partial charge in [-0.25, -0.2) is 9.13 Å². The smallest absolute Gasteiger partial charge is 0.395 e. The molecule has 2 aromatic rings. The maximum Gasteiger partial charge on any atom is 0.395 e. The Hall–Kier alpha value is -1.76. The highest BCUT2D eigenvalue weighted by molar-refractivity contribution is 7.18. The molecule has 0 aliphatic heterocycles. The summed E-state index contributed by atoms with van der Waals surface area (Å²) in [5.74, 6) is 1.12. The zero-order chi connectivity index (χ0) is 15.3. The predicted molar refractivity (Wildman–Crippen MR) is 81.5 cm³/mol. The van der Waals surface area contributed by atoms with E-state index in [2.05, 4.69) is 13.8 Å². The summed E-state index contributed by atoms with van der Waals surface area (Å²) >= 11 is 0. The van der Waals surface area contributed by atoms with Crippen LogP contribution in [0.4, 0.5) is 0 Å². The molecule has 0 spiro atoms. The molecule has 0 saturated carbocycles. The third kappa shape index (κ3) is 3.66. The second kappa shape index (κ2) is 6.80. The summed E-state index contributed by atoms with van der Waals surface area (Å²) in [7, 11) is -0.720. The van der Waals surface area contributed by atoms with Gasteiger partial charge in [0.15, 0.2) is 0 Å². The SMILES string of the molecule is CC(C)(c1ccc(OP=O)cc1)c1ccc(OP=O)cc1. The van der Waals surface area contributed by atoms with Crippen LogP contribution in [-0.2, 0) is 14.5 Å². The number of benzene rings is 2. The van der Waals surface area contributed by atoms with Crippen molar-refractivity contribution in [1.82, 2.24) is 0 Å². The monoisotopic (exact) mass is 320 g/mol. The van der Waals surface area contributed by atoms with E-state index in [0.717, 1.165) is 11.1 Å². The van der Waals surface area contributed by atoms with Crippen molar-refractivity contribution >= 4 is 17.4 Å². The van der Waals surface area contributed by atoms with Crippen molar-refractivity contribution in [2.75, 3.05) is 0 Å². The second-order valence-electron chi connectivity index (χ2n) is 5.01. The van der Waals surface area contributed by atoms with Crippen LogP contribution in [0.15, 0.2) is 48.5 Å². The maximum atomic E-state index is 10.4. The van der Waals surface area contributed by atoms with E-state index in [1.54, 1.807) is 24.3 Å². The molecule has 0 bridgehead atoms. The molecule has 4 nitrogen and oxygen atoms in total. The van der Waals surface area contributed by atoms with E-state index in [0.29, 0.717) is 11.5 Å². The molecule has 0 aliphatic rings. The van der Waals surface area contributed by atoms with Gasteiger partial charge in [-0.1, -0.05) is 38.1 Å². The molecule has 0 radical (unpaired) electrons. The van der Waals surface area contributed by atoms with Crippen LogP contribution >= 0.6 is 17.4 Å². The molecule has 108 valence electrons. The summed E-state index contributed by atoms with van der Waals surface area (Å²) < 4.78 is 30.6. The van der Waals surface area contributed by atoms with E-state index in [-0.39, 0.29) is 22.8 Å². The van der Waals surface area contributed by atoms with Gasteiger partial charge in [0.2, 0.25) is 0 Å². The average Bonchev–Trinajstić information content (AvgIpc) is 2.49. The van der Waals surface area contributed by atoms with Crippen LogP contribution in [0.5, 0.6) is 11.5 Å². The van der Waals surface area contributed by atoms with Crippen molar-refractivity contribution in [2.24, 2.45) is 0 Å². The highest BCUT2D eigenvalue weighted by Gasteiger charge is 2.23. The largest absolute Gasteiger partial charge is 0.408 e. The fourth-order valence-electron chi connectivity index (χ4n) is 2.12. The highest BCUT2D eigenvalue weighted by Crippen LogP contribution is 2.33. The highest BCUT2D eigenvalue weighted by atomic mass is 31.1. The Bertz CT molecular complexity index is 566. The summed E-state index contributed by atoms with van der Waals surface area (Å²) in [6.07, 6.45) is 0. The van der Waals surface area contributed by atoms with Crippen LogP contribution in [0.1, 0.15) is 25.0 Å². The van der Waals surface area contributed by atoms with E-state index in [9.17, 15) is 9.13 Å². The lowest BCUT2D eigenvalue weighted by molar-refractivity contribution is 0.524. The zero-order valence-electron chi connectivity index (χ0n) is 11.6. The molecule has 0 N–H and O–H groups in total. The second-order valence-corrected chi connectivity index (χ2v) is 5.67. The molecule has 6 heteroatoms. The normalized spacial score (nSPS) is 11.5. The van der Waals surface area contributed by atoms with Crippen molar-refractivity contribution in [3.05, 3.63) is 59.7 Å². The van der Waals surface area contributed by atoms with Crippen LogP contribution in [0.2, 0.25) is 0 Å². The van der Waals surface area contributed by atoms with Crippen LogP contribution in [0.3, 0.4) is 0 Å². The van der Waals surface area contributed by atoms with Gasteiger partial charge in [0.25, 0.3) is 0 Å². The van der Waals surface area contributed by atoms with E-state index in [1.807, 2.05) is 24.3 Å². The quantitative estimate of drug-likeness (QED) is 0.688. The van der Waals surface area contributed by atoms with Gasteiger partial charge in [-0.2, -0.15) is 0 Å².